The number of aromatic nitrogens is 3. The zero-order chi connectivity index (χ0) is 13.8. The van der Waals surface area contributed by atoms with Crippen molar-refractivity contribution in [1.29, 1.82) is 0 Å². The molecule has 2 aromatic rings. The van der Waals surface area contributed by atoms with Crippen LogP contribution < -0.4 is 0 Å². The third-order valence-corrected chi connectivity index (χ3v) is 4.10. The fraction of sp³-hybridized carbons (Fsp3) is 0.364. The molecule has 0 bridgehead atoms. The van der Waals surface area contributed by atoms with Gasteiger partial charge >= 0.3 is 5.97 Å². The average molecular weight is 345 g/mol. The summed E-state index contributed by atoms with van der Waals surface area (Å²) in [6, 6.07) is 2.10. The zero-order valence-electron chi connectivity index (χ0n) is 10.3. The smallest absolute Gasteiger partial charge is 0.358 e. The lowest BCUT2D eigenvalue weighted by molar-refractivity contribution is 0.0690. The van der Waals surface area contributed by atoms with Gasteiger partial charge in [0.25, 0.3) is 0 Å². The first-order valence-electron chi connectivity index (χ1n) is 5.59. The minimum atomic E-state index is -1.05. The topological polar surface area (TPSA) is 71.2 Å². The summed E-state index contributed by atoms with van der Waals surface area (Å²) in [4.78, 5) is 12.8. The molecule has 0 saturated heterocycles. The number of hydrogen-bond donors (Lipinski definition) is 1. The van der Waals surface area contributed by atoms with Gasteiger partial charge in [0.05, 0.1) is 16.5 Å². The molecule has 0 saturated carbocycles. The van der Waals surface area contributed by atoms with Crippen LogP contribution in [0.25, 0.3) is 0 Å². The highest BCUT2D eigenvalue weighted by atomic mass is 79.9. The molecule has 0 unspecified atom stereocenters. The van der Waals surface area contributed by atoms with Gasteiger partial charge < -0.3 is 10.0 Å². The second-order valence-electron chi connectivity index (χ2n) is 4.17. The molecule has 2 aromatic heterocycles. The highest BCUT2D eigenvalue weighted by Crippen LogP contribution is 2.21. The zero-order valence-corrected chi connectivity index (χ0v) is 12.7. The Morgan fingerprint density at radius 3 is 3.00 bits per heavy atom. The minimum absolute atomic E-state index is 0.0237. The Kier molecular flexibility index (Phi) is 4.67. The first kappa shape index (κ1) is 14.2. The fourth-order valence-electron chi connectivity index (χ4n) is 1.60. The van der Waals surface area contributed by atoms with Crippen molar-refractivity contribution in [2.75, 3.05) is 13.6 Å². The third kappa shape index (κ3) is 4.12. The van der Waals surface area contributed by atoms with Crippen LogP contribution in [-0.4, -0.2) is 44.6 Å². The molecule has 2 heterocycles. The van der Waals surface area contributed by atoms with E-state index in [9.17, 15) is 4.79 Å². The van der Waals surface area contributed by atoms with Gasteiger partial charge in [-0.1, -0.05) is 5.21 Å². The summed E-state index contributed by atoms with van der Waals surface area (Å²) in [5, 5.41) is 18.2. The van der Waals surface area contributed by atoms with Gasteiger partial charge in [-0.2, -0.15) is 0 Å². The van der Waals surface area contributed by atoms with Gasteiger partial charge in [0.2, 0.25) is 0 Å². The Balaban J connectivity index is 1.82. The van der Waals surface area contributed by atoms with Crippen molar-refractivity contribution in [2.24, 2.45) is 0 Å². The average Bonchev–Trinajstić information content (AvgIpc) is 2.96. The lowest BCUT2D eigenvalue weighted by Gasteiger charge is -2.15. The van der Waals surface area contributed by atoms with Crippen molar-refractivity contribution >= 4 is 33.2 Å². The number of carboxylic acid groups (broad SMARTS) is 1. The maximum atomic E-state index is 10.7. The van der Waals surface area contributed by atoms with Gasteiger partial charge in [-0.05, 0) is 40.0 Å². The summed E-state index contributed by atoms with van der Waals surface area (Å²) >= 11 is 5.10. The lowest BCUT2D eigenvalue weighted by Crippen LogP contribution is -2.22. The molecule has 0 aliphatic heterocycles. The number of carbonyl (C=O) groups is 1. The Labute approximate surface area is 122 Å². The van der Waals surface area contributed by atoms with Gasteiger partial charge in [-0.25, -0.2) is 4.79 Å². The molecule has 2 rings (SSSR count). The first-order valence-corrected chi connectivity index (χ1v) is 7.27. The summed E-state index contributed by atoms with van der Waals surface area (Å²) in [6.07, 6.45) is 1.44. The number of hydrogen-bond acceptors (Lipinski definition) is 5. The molecule has 0 radical (unpaired) electrons. The maximum absolute atomic E-state index is 10.7. The second kappa shape index (κ2) is 6.27. The van der Waals surface area contributed by atoms with Crippen LogP contribution in [0, 0.1) is 0 Å². The summed E-state index contributed by atoms with van der Waals surface area (Å²) in [5.74, 6) is -1.05. The SMILES string of the molecule is CN(CCn1cc(C(=O)O)nn1)Cc1csc(Br)c1. The molecular formula is C11H13BrN4O2S. The molecule has 0 aliphatic carbocycles. The Bertz CT molecular complexity index is 569. The summed E-state index contributed by atoms with van der Waals surface area (Å²) in [6.45, 7) is 2.24. The van der Waals surface area contributed by atoms with Crippen molar-refractivity contribution in [2.45, 2.75) is 13.1 Å². The van der Waals surface area contributed by atoms with Crippen molar-refractivity contribution in [3.63, 3.8) is 0 Å². The molecule has 0 amide bonds. The molecule has 19 heavy (non-hydrogen) atoms. The van der Waals surface area contributed by atoms with Crippen LogP contribution in [0.1, 0.15) is 16.1 Å². The number of thiophene rings is 1. The van der Waals surface area contributed by atoms with Crippen LogP contribution in [0.2, 0.25) is 0 Å². The lowest BCUT2D eigenvalue weighted by atomic mass is 10.3. The Hall–Kier alpha value is -1.25. The molecule has 6 nitrogen and oxygen atoms in total. The molecule has 1 N–H and O–H groups in total. The van der Waals surface area contributed by atoms with E-state index in [1.807, 2.05) is 7.05 Å². The number of rotatable bonds is 6. The molecule has 0 aliphatic rings. The van der Waals surface area contributed by atoms with E-state index in [-0.39, 0.29) is 5.69 Å². The quantitative estimate of drug-likeness (QED) is 0.866. The number of halogens is 1. The third-order valence-electron chi connectivity index (χ3n) is 2.54. The van der Waals surface area contributed by atoms with Crippen molar-refractivity contribution < 1.29 is 9.90 Å². The van der Waals surface area contributed by atoms with E-state index < -0.39 is 5.97 Å². The van der Waals surface area contributed by atoms with Gasteiger partial charge in [0.15, 0.2) is 5.69 Å². The van der Waals surface area contributed by atoms with E-state index >= 15 is 0 Å². The number of aromatic carboxylic acids is 1. The van der Waals surface area contributed by atoms with Crippen LogP contribution >= 0.6 is 27.3 Å². The summed E-state index contributed by atoms with van der Waals surface area (Å²) < 4.78 is 2.67. The van der Waals surface area contributed by atoms with Gasteiger partial charge in [0, 0.05) is 13.1 Å². The standard InChI is InChI=1S/C11H13BrN4O2S/c1-15(5-8-4-10(12)19-7-8)2-3-16-6-9(11(17)18)13-14-16/h4,6-7H,2-3,5H2,1H3,(H,17,18). The van der Waals surface area contributed by atoms with E-state index in [4.69, 9.17) is 5.11 Å². The van der Waals surface area contributed by atoms with E-state index in [0.29, 0.717) is 6.54 Å². The van der Waals surface area contributed by atoms with Crippen molar-refractivity contribution in [3.8, 4) is 0 Å². The molecule has 0 aromatic carbocycles. The number of likely N-dealkylation sites (N-methyl/N-ethyl adjacent to an activating group) is 1. The highest BCUT2D eigenvalue weighted by molar-refractivity contribution is 9.11. The Morgan fingerprint density at radius 2 is 2.42 bits per heavy atom. The van der Waals surface area contributed by atoms with E-state index in [0.717, 1.165) is 16.9 Å². The van der Waals surface area contributed by atoms with Crippen LogP contribution in [0.15, 0.2) is 21.4 Å². The van der Waals surface area contributed by atoms with Gasteiger partial charge in [-0.15, -0.1) is 16.4 Å². The molecular weight excluding hydrogens is 332 g/mol. The van der Waals surface area contributed by atoms with Crippen molar-refractivity contribution in [3.05, 3.63) is 32.7 Å². The molecule has 8 heteroatoms. The molecule has 0 fully saturated rings. The number of carboxylic acids is 1. The van der Waals surface area contributed by atoms with E-state index in [1.165, 1.54) is 11.8 Å². The van der Waals surface area contributed by atoms with Gasteiger partial charge in [0.1, 0.15) is 0 Å². The normalized spacial score (nSPS) is 11.1. The highest BCUT2D eigenvalue weighted by Gasteiger charge is 2.09. The van der Waals surface area contributed by atoms with E-state index in [2.05, 4.69) is 42.6 Å². The van der Waals surface area contributed by atoms with Crippen LogP contribution in [0.5, 0.6) is 0 Å². The van der Waals surface area contributed by atoms with Crippen molar-refractivity contribution in [1.82, 2.24) is 19.9 Å². The minimum Gasteiger partial charge on any atom is -0.476 e. The molecule has 0 spiro atoms. The Morgan fingerprint density at radius 1 is 1.63 bits per heavy atom. The van der Waals surface area contributed by atoms with E-state index in [1.54, 1.807) is 16.0 Å². The number of nitrogens with zero attached hydrogens (tertiary/aromatic N) is 4. The van der Waals surface area contributed by atoms with Crippen LogP contribution in [0.3, 0.4) is 0 Å². The predicted molar refractivity (Wildman–Crippen MR) is 75.3 cm³/mol. The second-order valence-corrected chi connectivity index (χ2v) is 6.46. The first-order chi connectivity index (χ1) is 9.04. The summed E-state index contributed by atoms with van der Waals surface area (Å²) in [7, 11) is 2.01. The predicted octanol–water partition coefficient (Wildman–Crippen LogP) is 1.93. The molecule has 0 atom stereocenters. The monoisotopic (exact) mass is 344 g/mol. The maximum Gasteiger partial charge on any atom is 0.358 e. The summed E-state index contributed by atoms with van der Waals surface area (Å²) in [5.41, 5.74) is 1.23. The molecule has 102 valence electrons. The largest absolute Gasteiger partial charge is 0.476 e. The van der Waals surface area contributed by atoms with Crippen LogP contribution in [0.4, 0.5) is 0 Å². The fourth-order valence-corrected chi connectivity index (χ4v) is 2.80. The van der Waals surface area contributed by atoms with Crippen LogP contribution in [-0.2, 0) is 13.1 Å². The van der Waals surface area contributed by atoms with Gasteiger partial charge in [-0.3, -0.25) is 4.68 Å².